The van der Waals surface area contributed by atoms with Crippen LogP contribution >= 0.6 is 11.6 Å². The third-order valence-electron chi connectivity index (χ3n) is 4.92. The first-order valence-corrected chi connectivity index (χ1v) is 9.50. The third kappa shape index (κ3) is 4.01. The molecule has 1 atom stereocenters. The van der Waals surface area contributed by atoms with E-state index in [-0.39, 0.29) is 11.7 Å². The van der Waals surface area contributed by atoms with Crippen molar-refractivity contribution >= 4 is 23.3 Å². The summed E-state index contributed by atoms with van der Waals surface area (Å²) < 4.78 is 0. The maximum atomic E-state index is 12.5. The number of halogens is 1. The van der Waals surface area contributed by atoms with Gasteiger partial charge < -0.3 is 5.32 Å². The van der Waals surface area contributed by atoms with Gasteiger partial charge in [-0.1, -0.05) is 60.1 Å². The van der Waals surface area contributed by atoms with Crippen LogP contribution in [-0.4, -0.2) is 22.3 Å². The maximum absolute atomic E-state index is 12.5. The highest BCUT2D eigenvalue weighted by molar-refractivity contribution is 6.31. The summed E-state index contributed by atoms with van der Waals surface area (Å²) >= 11 is 6.33. The first-order chi connectivity index (χ1) is 13.2. The van der Waals surface area contributed by atoms with Gasteiger partial charge >= 0.3 is 0 Å². The standard InChI is InChI=1S/C22H20ClN3O/c23-19-9-5-4-8-17(19)16-12-20-18(21(27)13-16)14-25-22(26-20)24-11-10-15-6-2-1-3-7-15/h1-9,14,16H,10-13H2,(H,24,25,26)/t16-/m1/s1. The van der Waals surface area contributed by atoms with Crippen molar-refractivity contribution < 1.29 is 4.79 Å². The molecule has 3 aromatic rings. The predicted octanol–water partition coefficient (Wildman–Crippen LogP) is 4.70. The van der Waals surface area contributed by atoms with Crippen LogP contribution in [0.15, 0.2) is 60.8 Å². The van der Waals surface area contributed by atoms with E-state index in [1.807, 2.05) is 42.5 Å². The van der Waals surface area contributed by atoms with Crippen LogP contribution in [-0.2, 0) is 12.8 Å². The normalized spacial score (nSPS) is 16.0. The van der Waals surface area contributed by atoms with E-state index in [2.05, 4.69) is 27.4 Å². The van der Waals surface area contributed by atoms with Crippen LogP contribution in [0.2, 0.25) is 5.02 Å². The molecule has 0 spiro atoms. The number of hydrogen-bond acceptors (Lipinski definition) is 4. The van der Waals surface area contributed by atoms with E-state index in [9.17, 15) is 4.79 Å². The van der Waals surface area contributed by atoms with Crippen molar-refractivity contribution in [2.24, 2.45) is 0 Å². The number of anilines is 1. The Labute approximate surface area is 163 Å². The van der Waals surface area contributed by atoms with Gasteiger partial charge in [-0.3, -0.25) is 4.79 Å². The highest BCUT2D eigenvalue weighted by Crippen LogP contribution is 2.35. The minimum absolute atomic E-state index is 0.0609. The van der Waals surface area contributed by atoms with E-state index < -0.39 is 0 Å². The van der Waals surface area contributed by atoms with Crippen LogP contribution in [0.5, 0.6) is 0 Å². The Hall–Kier alpha value is -2.72. The smallest absolute Gasteiger partial charge is 0.222 e. The van der Waals surface area contributed by atoms with Crippen molar-refractivity contribution in [3.63, 3.8) is 0 Å². The van der Waals surface area contributed by atoms with E-state index in [1.54, 1.807) is 6.20 Å². The molecule has 0 saturated heterocycles. The van der Waals surface area contributed by atoms with Crippen LogP contribution in [0.25, 0.3) is 0 Å². The van der Waals surface area contributed by atoms with Crippen molar-refractivity contribution in [3.8, 4) is 0 Å². The minimum atomic E-state index is 0.0609. The molecule has 1 aliphatic carbocycles. The fourth-order valence-electron chi connectivity index (χ4n) is 3.52. The highest BCUT2D eigenvalue weighted by Gasteiger charge is 2.29. The third-order valence-corrected chi connectivity index (χ3v) is 5.27. The summed E-state index contributed by atoms with van der Waals surface area (Å²) in [4.78, 5) is 21.5. The molecule has 1 aliphatic rings. The molecule has 0 amide bonds. The summed E-state index contributed by atoms with van der Waals surface area (Å²) in [5, 5.41) is 3.97. The largest absolute Gasteiger partial charge is 0.354 e. The zero-order valence-corrected chi connectivity index (χ0v) is 15.6. The molecule has 1 aromatic heterocycles. The lowest BCUT2D eigenvalue weighted by molar-refractivity contribution is 0.0963. The number of ketones is 1. The fourth-order valence-corrected chi connectivity index (χ4v) is 3.81. The summed E-state index contributed by atoms with van der Waals surface area (Å²) in [6.45, 7) is 0.741. The minimum Gasteiger partial charge on any atom is -0.354 e. The van der Waals surface area contributed by atoms with Gasteiger partial charge in [0, 0.05) is 24.2 Å². The molecule has 0 bridgehead atoms. The molecule has 4 nitrogen and oxygen atoms in total. The van der Waals surface area contributed by atoms with E-state index in [1.165, 1.54) is 5.56 Å². The molecule has 27 heavy (non-hydrogen) atoms. The highest BCUT2D eigenvalue weighted by atomic mass is 35.5. The van der Waals surface area contributed by atoms with Gasteiger partial charge in [-0.05, 0) is 36.0 Å². The number of rotatable bonds is 5. The molecule has 0 saturated carbocycles. The zero-order chi connectivity index (χ0) is 18.6. The average Bonchev–Trinajstić information content (AvgIpc) is 2.69. The summed E-state index contributed by atoms with van der Waals surface area (Å²) in [5.41, 5.74) is 3.70. The molecule has 1 N–H and O–H groups in total. The number of nitrogens with one attached hydrogen (secondary N) is 1. The van der Waals surface area contributed by atoms with E-state index in [4.69, 9.17) is 11.6 Å². The molecule has 0 radical (unpaired) electrons. The van der Waals surface area contributed by atoms with Gasteiger partial charge in [0.05, 0.1) is 11.3 Å². The Morgan fingerprint density at radius 1 is 1.04 bits per heavy atom. The number of carbonyl (C=O) groups excluding carboxylic acids is 1. The number of nitrogens with zero attached hydrogens (tertiary/aromatic N) is 2. The van der Waals surface area contributed by atoms with Gasteiger partial charge in [-0.15, -0.1) is 0 Å². The second-order valence-corrected chi connectivity index (χ2v) is 7.17. The molecular weight excluding hydrogens is 358 g/mol. The lowest BCUT2D eigenvalue weighted by Gasteiger charge is -2.24. The van der Waals surface area contributed by atoms with Gasteiger partial charge in [0.15, 0.2) is 5.78 Å². The number of benzene rings is 2. The molecule has 0 fully saturated rings. The summed E-state index contributed by atoms with van der Waals surface area (Å²) in [7, 11) is 0. The van der Waals surface area contributed by atoms with Crippen molar-refractivity contribution in [1.82, 2.24) is 9.97 Å². The van der Waals surface area contributed by atoms with Crippen LogP contribution < -0.4 is 5.32 Å². The number of Topliss-reactive ketones (excluding diaryl/α,β-unsaturated/α-hetero) is 1. The SMILES string of the molecule is O=C1C[C@H](c2ccccc2Cl)Cc2nc(NCCc3ccccc3)ncc21. The molecule has 1 heterocycles. The Morgan fingerprint density at radius 3 is 2.63 bits per heavy atom. The summed E-state index contributed by atoms with van der Waals surface area (Å²) in [6.07, 6.45) is 3.68. The molecule has 0 aliphatic heterocycles. The lowest BCUT2D eigenvalue weighted by atomic mass is 9.82. The molecular formula is C22H20ClN3O. The van der Waals surface area contributed by atoms with Crippen LogP contribution in [0, 0.1) is 0 Å². The number of carbonyl (C=O) groups is 1. The average molecular weight is 378 g/mol. The van der Waals surface area contributed by atoms with Gasteiger partial charge in [0.25, 0.3) is 0 Å². The van der Waals surface area contributed by atoms with Crippen LogP contribution in [0.4, 0.5) is 5.95 Å². The molecule has 2 aromatic carbocycles. The summed E-state index contributed by atoms with van der Waals surface area (Å²) in [6, 6.07) is 18.0. The maximum Gasteiger partial charge on any atom is 0.222 e. The molecule has 0 unspecified atom stereocenters. The first kappa shape index (κ1) is 17.7. The van der Waals surface area contributed by atoms with Gasteiger partial charge in [0.1, 0.15) is 0 Å². The monoisotopic (exact) mass is 377 g/mol. The Kier molecular flexibility index (Phi) is 5.16. The lowest BCUT2D eigenvalue weighted by Crippen LogP contribution is -2.22. The molecule has 5 heteroatoms. The summed E-state index contributed by atoms with van der Waals surface area (Å²) in [5.74, 6) is 0.708. The Bertz CT molecular complexity index is 959. The zero-order valence-electron chi connectivity index (χ0n) is 14.9. The van der Waals surface area contributed by atoms with E-state index in [0.717, 1.165) is 24.2 Å². The van der Waals surface area contributed by atoms with Crippen molar-refractivity contribution in [1.29, 1.82) is 0 Å². The molecule has 4 rings (SSSR count). The van der Waals surface area contributed by atoms with Gasteiger partial charge in [-0.25, -0.2) is 9.97 Å². The van der Waals surface area contributed by atoms with Gasteiger partial charge in [-0.2, -0.15) is 0 Å². The Morgan fingerprint density at radius 2 is 1.81 bits per heavy atom. The first-order valence-electron chi connectivity index (χ1n) is 9.12. The number of hydrogen-bond donors (Lipinski definition) is 1. The quantitative estimate of drug-likeness (QED) is 0.700. The number of aromatic nitrogens is 2. The molecule has 136 valence electrons. The van der Waals surface area contributed by atoms with Crippen molar-refractivity contribution in [3.05, 3.63) is 88.2 Å². The number of fused-ring (bicyclic) bond motifs is 1. The van der Waals surface area contributed by atoms with Crippen molar-refractivity contribution in [2.45, 2.75) is 25.2 Å². The van der Waals surface area contributed by atoms with Crippen LogP contribution in [0.3, 0.4) is 0 Å². The fraction of sp³-hybridized carbons (Fsp3) is 0.227. The Balaban J connectivity index is 1.48. The van der Waals surface area contributed by atoms with Crippen molar-refractivity contribution in [2.75, 3.05) is 11.9 Å². The second kappa shape index (κ2) is 7.89. The predicted molar refractivity (Wildman–Crippen MR) is 108 cm³/mol. The second-order valence-electron chi connectivity index (χ2n) is 6.77. The van der Waals surface area contributed by atoms with E-state index >= 15 is 0 Å². The topological polar surface area (TPSA) is 54.9 Å². The van der Waals surface area contributed by atoms with Gasteiger partial charge in [0.2, 0.25) is 5.95 Å². The van der Waals surface area contributed by atoms with E-state index in [0.29, 0.717) is 29.4 Å². The van der Waals surface area contributed by atoms with Crippen LogP contribution in [0.1, 0.15) is 39.5 Å².